The number of halogens is 3. The van der Waals surface area contributed by atoms with E-state index in [1.165, 1.54) is 37.3 Å². The molecule has 0 fully saturated rings. The molecule has 1 aliphatic heterocycles. The van der Waals surface area contributed by atoms with E-state index in [4.69, 9.17) is 14.7 Å². The number of benzene rings is 2. The minimum absolute atomic E-state index is 0.0166. The fourth-order valence-corrected chi connectivity index (χ4v) is 4.18. The number of carbonyl (C=O) groups excluding carboxylic acids is 3. The molecule has 1 heterocycles. The van der Waals surface area contributed by atoms with Crippen LogP contribution in [-0.2, 0) is 30.0 Å². The first-order valence-corrected chi connectivity index (χ1v) is 11.1. The van der Waals surface area contributed by atoms with E-state index in [1.54, 1.807) is 13.8 Å². The van der Waals surface area contributed by atoms with Gasteiger partial charge in [0.1, 0.15) is 5.92 Å². The quantitative estimate of drug-likeness (QED) is 0.421. The highest BCUT2D eigenvalue weighted by Gasteiger charge is 2.49. The Kier molecular flexibility index (Phi) is 7.83. The minimum atomic E-state index is -4.68. The molecule has 1 amide bonds. The summed E-state index contributed by atoms with van der Waals surface area (Å²) >= 11 is 0. The normalized spacial score (nSPS) is 18.0. The molecule has 2 aromatic carbocycles. The summed E-state index contributed by atoms with van der Waals surface area (Å²) < 4.78 is 50.6. The van der Waals surface area contributed by atoms with Crippen molar-refractivity contribution in [3.63, 3.8) is 0 Å². The third-order valence-electron chi connectivity index (χ3n) is 5.72. The number of allylic oxidation sites excluding steroid dienone is 1. The van der Waals surface area contributed by atoms with E-state index in [0.29, 0.717) is 11.1 Å². The zero-order valence-corrected chi connectivity index (χ0v) is 19.8. The van der Waals surface area contributed by atoms with Crippen molar-refractivity contribution in [2.75, 3.05) is 18.1 Å². The van der Waals surface area contributed by atoms with Crippen LogP contribution in [0.2, 0.25) is 0 Å². The molecule has 0 saturated carbocycles. The average molecular weight is 500 g/mol. The lowest BCUT2D eigenvalue weighted by atomic mass is 9.75. The van der Waals surface area contributed by atoms with Crippen LogP contribution in [0.5, 0.6) is 0 Å². The topological polar surface area (TPSA) is 96.7 Å². The number of esters is 2. The molecular weight excluding hydrogens is 477 g/mol. The maximum atomic E-state index is 13.8. The van der Waals surface area contributed by atoms with Gasteiger partial charge in [-0.25, -0.2) is 4.79 Å². The van der Waals surface area contributed by atoms with Gasteiger partial charge >= 0.3 is 18.1 Å². The summed E-state index contributed by atoms with van der Waals surface area (Å²) in [6.07, 6.45) is -4.68. The Morgan fingerprint density at radius 1 is 1.06 bits per heavy atom. The molecule has 0 saturated heterocycles. The fraction of sp³-hybridized carbons (Fsp3) is 0.308. The summed E-state index contributed by atoms with van der Waals surface area (Å²) in [4.78, 5) is 40.9. The second-order valence-electron chi connectivity index (χ2n) is 7.88. The Hall–Kier alpha value is -4.13. The van der Waals surface area contributed by atoms with Crippen molar-refractivity contribution in [1.82, 2.24) is 0 Å². The highest BCUT2D eigenvalue weighted by molar-refractivity contribution is 6.13. The van der Waals surface area contributed by atoms with Gasteiger partial charge < -0.3 is 9.47 Å². The minimum Gasteiger partial charge on any atom is -0.465 e. The third-order valence-corrected chi connectivity index (χ3v) is 5.72. The summed E-state index contributed by atoms with van der Waals surface area (Å²) in [6, 6.07) is 12.0. The SMILES string of the molecule is CCOC(=O)C1=C(C)N(c2cccc(C(F)(F)F)c2)C(=O)C(C(=O)OCC)C1c1ccc(C#N)cc1. The smallest absolute Gasteiger partial charge is 0.416 e. The molecule has 0 aromatic heterocycles. The molecule has 1 aliphatic rings. The van der Waals surface area contributed by atoms with E-state index in [0.717, 1.165) is 23.1 Å². The Morgan fingerprint density at radius 2 is 1.69 bits per heavy atom. The number of anilines is 1. The van der Waals surface area contributed by atoms with Crippen molar-refractivity contribution in [3.8, 4) is 6.07 Å². The number of carbonyl (C=O) groups is 3. The van der Waals surface area contributed by atoms with Gasteiger partial charge in [0.15, 0.2) is 0 Å². The molecule has 10 heteroatoms. The van der Waals surface area contributed by atoms with E-state index in [9.17, 15) is 27.6 Å². The van der Waals surface area contributed by atoms with Gasteiger partial charge in [0.25, 0.3) is 0 Å². The zero-order valence-electron chi connectivity index (χ0n) is 19.8. The predicted molar refractivity (Wildman–Crippen MR) is 122 cm³/mol. The Balaban J connectivity index is 2.31. The van der Waals surface area contributed by atoms with Crippen molar-refractivity contribution in [1.29, 1.82) is 5.26 Å². The number of rotatable bonds is 6. The van der Waals surface area contributed by atoms with Crippen LogP contribution in [0.4, 0.5) is 18.9 Å². The van der Waals surface area contributed by atoms with Crippen LogP contribution >= 0.6 is 0 Å². The second kappa shape index (κ2) is 10.6. The van der Waals surface area contributed by atoms with Crippen LogP contribution in [0, 0.1) is 17.2 Å². The molecule has 2 aromatic rings. The fourth-order valence-electron chi connectivity index (χ4n) is 4.18. The van der Waals surface area contributed by atoms with Crippen molar-refractivity contribution in [2.24, 2.45) is 5.92 Å². The molecule has 0 N–H and O–H groups in total. The van der Waals surface area contributed by atoms with Gasteiger partial charge in [0.05, 0.1) is 36.0 Å². The highest BCUT2D eigenvalue weighted by atomic mass is 19.4. The van der Waals surface area contributed by atoms with Gasteiger partial charge in [-0.1, -0.05) is 18.2 Å². The number of nitrogens with zero attached hydrogens (tertiary/aromatic N) is 2. The maximum Gasteiger partial charge on any atom is 0.416 e. The summed E-state index contributed by atoms with van der Waals surface area (Å²) in [5.41, 5.74) is -0.532. The van der Waals surface area contributed by atoms with E-state index in [2.05, 4.69) is 0 Å². The third kappa shape index (κ3) is 5.10. The lowest BCUT2D eigenvalue weighted by Gasteiger charge is -2.38. The predicted octanol–water partition coefficient (Wildman–Crippen LogP) is 4.72. The summed E-state index contributed by atoms with van der Waals surface area (Å²) in [7, 11) is 0. The number of hydrogen-bond donors (Lipinski definition) is 0. The molecule has 36 heavy (non-hydrogen) atoms. The second-order valence-corrected chi connectivity index (χ2v) is 7.88. The van der Waals surface area contributed by atoms with Crippen LogP contribution in [0.3, 0.4) is 0 Å². The van der Waals surface area contributed by atoms with Gasteiger partial charge in [0.2, 0.25) is 5.91 Å². The number of alkyl halides is 3. The molecule has 0 spiro atoms. The monoisotopic (exact) mass is 500 g/mol. The van der Waals surface area contributed by atoms with Gasteiger partial charge in [0, 0.05) is 17.3 Å². The van der Waals surface area contributed by atoms with Gasteiger partial charge in [-0.05, 0) is 56.7 Å². The zero-order chi connectivity index (χ0) is 26.6. The summed E-state index contributed by atoms with van der Waals surface area (Å²) in [5.74, 6) is -5.36. The van der Waals surface area contributed by atoms with Gasteiger partial charge in [-0.3, -0.25) is 14.5 Å². The van der Waals surface area contributed by atoms with Crippen LogP contribution < -0.4 is 4.90 Å². The van der Waals surface area contributed by atoms with E-state index in [-0.39, 0.29) is 30.2 Å². The molecule has 7 nitrogen and oxygen atoms in total. The van der Waals surface area contributed by atoms with Crippen LogP contribution in [0.1, 0.15) is 43.4 Å². The summed E-state index contributed by atoms with van der Waals surface area (Å²) in [5, 5.41) is 9.14. The van der Waals surface area contributed by atoms with Crippen molar-refractivity contribution in [3.05, 3.63) is 76.5 Å². The number of hydrogen-bond acceptors (Lipinski definition) is 6. The van der Waals surface area contributed by atoms with Crippen LogP contribution in [0.25, 0.3) is 0 Å². The van der Waals surface area contributed by atoms with Gasteiger partial charge in [-0.2, -0.15) is 18.4 Å². The van der Waals surface area contributed by atoms with Crippen LogP contribution in [-0.4, -0.2) is 31.1 Å². The first kappa shape index (κ1) is 26.5. The van der Waals surface area contributed by atoms with Gasteiger partial charge in [-0.15, -0.1) is 0 Å². The first-order valence-electron chi connectivity index (χ1n) is 11.1. The largest absolute Gasteiger partial charge is 0.465 e. The Morgan fingerprint density at radius 3 is 2.25 bits per heavy atom. The molecule has 0 bridgehead atoms. The maximum absolute atomic E-state index is 13.8. The number of nitriles is 1. The number of ether oxygens (including phenoxy) is 2. The van der Waals surface area contributed by atoms with Crippen LogP contribution in [0.15, 0.2) is 59.8 Å². The molecule has 2 unspecified atom stereocenters. The molecule has 2 atom stereocenters. The molecular formula is C26H23F3N2O5. The lowest BCUT2D eigenvalue weighted by Crippen LogP contribution is -2.48. The van der Waals surface area contributed by atoms with Crippen molar-refractivity contribution in [2.45, 2.75) is 32.9 Å². The van der Waals surface area contributed by atoms with E-state index in [1.807, 2.05) is 6.07 Å². The first-order chi connectivity index (χ1) is 17.0. The molecule has 0 radical (unpaired) electrons. The van der Waals surface area contributed by atoms with Crippen molar-refractivity contribution < 1.29 is 37.0 Å². The lowest BCUT2D eigenvalue weighted by molar-refractivity contribution is -0.152. The van der Waals surface area contributed by atoms with Crippen molar-refractivity contribution >= 4 is 23.5 Å². The average Bonchev–Trinajstić information content (AvgIpc) is 2.83. The van der Waals surface area contributed by atoms with E-state index >= 15 is 0 Å². The Labute approximate surface area is 205 Å². The number of amides is 1. The standard InChI is InChI=1S/C26H23F3N2O5/c1-4-35-24(33)20-15(3)31(19-8-6-7-18(13-19)26(27,28)29)23(32)22(25(34)36-5-2)21(20)17-11-9-16(14-30)10-12-17/h6-13,21-22H,4-5H2,1-3H3. The Bertz CT molecular complexity index is 1250. The van der Waals surface area contributed by atoms with E-state index < -0.39 is 41.4 Å². The molecule has 188 valence electrons. The molecule has 0 aliphatic carbocycles. The molecule has 3 rings (SSSR count). The highest BCUT2D eigenvalue weighted by Crippen LogP contribution is 2.44. The summed E-state index contributed by atoms with van der Waals surface area (Å²) in [6.45, 7) is 4.44.